The highest BCUT2D eigenvalue weighted by atomic mass is 32.2. The van der Waals surface area contributed by atoms with Gasteiger partial charge in [-0.25, -0.2) is 4.79 Å². The third kappa shape index (κ3) is 3.08. The fraction of sp³-hybridized carbons (Fsp3) is 0.571. The SMILES string of the molecule is O=C(O)C1=CN2CSC(CC(=O)N3CCNCC3)C2=CC1. The first-order valence-corrected chi connectivity index (χ1v) is 8.21. The van der Waals surface area contributed by atoms with Gasteiger partial charge in [0.1, 0.15) is 0 Å². The van der Waals surface area contributed by atoms with Gasteiger partial charge >= 0.3 is 5.97 Å². The number of piperazine rings is 1. The number of thioether (sulfide) groups is 1. The van der Waals surface area contributed by atoms with Crippen LogP contribution in [0.3, 0.4) is 0 Å². The zero-order valence-electron chi connectivity index (χ0n) is 11.7. The number of hydrogen-bond acceptors (Lipinski definition) is 5. The molecule has 6 nitrogen and oxygen atoms in total. The first-order chi connectivity index (χ1) is 10.1. The van der Waals surface area contributed by atoms with E-state index < -0.39 is 5.97 Å². The van der Waals surface area contributed by atoms with Crippen LogP contribution in [0.5, 0.6) is 0 Å². The minimum Gasteiger partial charge on any atom is -0.478 e. The average molecular weight is 309 g/mol. The molecule has 0 aromatic heterocycles. The van der Waals surface area contributed by atoms with Crippen LogP contribution in [0.15, 0.2) is 23.5 Å². The van der Waals surface area contributed by atoms with Crippen LogP contribution in [-0.4, -0.2) is 64.1 Å². The zero-order chi connectivity index (χ0) is 14.8. The van der Waals surface area contributed by atoms with E-state index in [1.54, 1.807) is 18.0 Å². The van der Waals surface area contributed by atoms with Crippen LogP contribution in [0, 0.1) is 0 Å². The van der Waals surface area contributed by atoms with Gasteiger partial charge in [-0.05, 0) is 0 Å². The number of aliphatic carboxylic acids is 1. The summed E-state index contributed by atoms with van der Waals surface area (Å²) in [6.07, 6.45) is 4.61. The van der Waals surface area contributed by atoms with Gasteiger partial charge in [0, 0.05) is 50.9 Å². The number of rotatable bonds is 3. The summed E-state index contributed by atoms with van der Waals surface area (Å²) in [7, 11) is 0. The molecule has 2 N–H and O–H groups in total. The van der Waals surface area contributed by atoms with E-state index >= 15 is 0 Å². The molecule has 2 saturated heterocycles. The summed E-state index contributed by atoms with van der Waals surface area (Å²) in [5.74, 6) is 0.0580. The molecule has 0 bridgehead atoms. The molecule has 0 spiro atoms. The molecule has 3 rings (SSSR count). The average Bonchev–Trinajstić information content (AvgIpc) is 2.90. The molecule has 3 aliphatic heterocycles. The van der Waals surface area contributed by atoms with E-state index in [1.807, 2.05) is 15.9 Å². The molecule has 0 radical (unpaired) electrons. The monoisotopic (exact) mass is 309 g/mol. The lowest BCUT2D eigenvalue weighted by atomic mass is 10.1. The van der Waals surface area contributed by atoms with E-state index in [0.29, 0.717) is 18.4 Å². The standard InChI is InChI=1S/C14H19N3O3S/c18-13(16-5-3-15-4-6-16)7-12-11-2-1-10(14(19)20)8-17(11)9-21-12/h2,8,12,15H,1,3-7,9H2,(H,19,20). The topological polar surface area (TPSA) is 72.9 Å². The maximum atomic E-state index is 12.3. The smallest absolute Gasteiger partial charge is 0.333 e. The number of carboxylic acid groups (broad SMARTS) is 1. The van der Waals surface area contributed by atoms with E-state index in [-0.39, 0.29) is 11.2 Å². The Labute approximate surface area is 127 Å². The number of allylic oxidation sites excluding steroid dienone is 1. The van der Waals surface area contributed by atoms with Crippen LogP contribution in [0.1, 0.15) is 12.8 Å². The molecular weight excluding hydrogens is 290 g/mol. The Morgan fingerprint density at radius 3 is 2.86 bits per heavy atom. The van der Waals surface area contributed by atoms with Crippen molar-refractivity contribution in [2.45, 2.75) is 18.1 Å². The predicted molar refractivity (Wildman–Crippen MR) is 80.6 cm³/mol. The van der Waals surface area contributed by atoms with Crippen LogP contribution in [0.2, 0.25) is 0 Å². The second kappa shape index (κ2) is 6.11. The van der Waals surface area contributed by atoms with Crippen LogP contribution in [0.4, 0.5) is 0 Å². The predicted octanol–water partition coefficient (Wildman–Crippen LogP) is 0.439. The molecule has 0 aromatic carbocycles. The minimum atomic E-state index is -0.865. The van der Waals surface area contributed by atoms with E-state index in [1.165, 1.54) is 0 Å². The lowest BCUT2D eigenvalue weighted by Gasteiger charge is -2.29. The third-order valence-electron chi connectivity index (χ3n) is 4.02. The molecule has 0 aliphatic carbocycles. The number of amides is 1. The Morgan fingerprint density at radius 2 is 2.14 bits per heavy atom. The normalized spacial score (nSPS) is 25.2. The molecule has 114 valence electrons. The molecule has 7 heteroatoms. The number of fused-ring (bicyclic) bond motifs is 1. The van der Waals surface area contributed by atoms with Gasteiger partial charge in [0.25, 0.3) is 0 Å². The van der Waals surface area contributed by atoms with Crippen molar-refractivity contribution in [2.24, 2.45) is 0 Å². The Balaban J connectivity index is 1.61. The van der Waals surface area contributed by atoms with Crippen molar-refractivity contribution in [2.75, 3.05) is 32.1 Å². The van der Waals surface area contributed by atoms with Crippen molar-refractivity contribution in [3.63, 3.8) is 0 Å². The quantitative estimate of drug-likeness (QED) is 0.788. The summed E-state index contributed by atoms with van der Waals surface area (Å²) < 4.78 is 0. The number of carboxylic acids is 1. The summed E-state index contributed by atoms with van der Waals surface area (Å²) >= 11 is 1.71. The van der Waals surface area contributed by atoms with Crippen molar-refractivity contribution < 1.29 is 14.7 Å². The highest BCUT2D eigenvalue weighted by Crippen LogP contribution is 2.38. The molecule has 1 atom stereocenters. The van der Waals surface area contributed by atoms with Gasteiger partial charge in [-0.1, -0.05) is 6.08 Å². The molecule has 3 aliphatic rings. The second-order valence-corrected chi connectivity index (χ2v) is 6.54. The summed E-state index contributed by atoms with van der Waals surface area (Å²) in [5.41, 5.74) is 1.50. The Hall–Kier alpha value is -1.47. The second-order valence-electron chi connectivity index (χ2n) is 5.38. The van der Waals surface area contributed by atoms with Crippen LogP contribution in [-0.2, 0) is 9.59 Å². The molecule has 1 amide bonds. The van der Waals surface area contributed by atoms with Gasteiger partial charge in [0.05, 0.1) is 16.7 Å². The molecule has 21 heavy (non-hydrogen) atoms. The van der Waals surface area contributed by atoms with Gasteiger partial charge in [-0.2, -0.15) is 0 Å². The highest BCUT2D eigenvalue weighted by Gasteiger charge is 2.33. The molecule has 1 unspecified atom stereocenters. The van der Waals surface area contributed by atoms with E-state index in [2.05, 4.69) is 5.32 Å². The maximum absolute atomic E-state index is 12.3. The fourth-order valence-electron chi connectivity index (χ4n) is 2.84. The van der Waals surface area contributed by atoms with Gasteiger partial charge in [0.15, 0.2) is 0 Å². The molecule has 0 saturated carbocycles. The van der Waals surface area contributed by atoms with Gasteiger partial charge in [-0.15, -0.1) is 11.8 Å². The minimum absolute atomic E-state index is 0.152. The van der Waals surface area contributed by atoms with Crippen LogP contribution < -0.4 is 5.32 Å². The van der Waals surface area contributed by atoms with Crippen LogP contribution >= 0.6 is 11.8 Å². The van der Waals surface area contributed by atoms with Crippen LogP contribution in [0.25, 0.3) is 0 Å². The lowest BCUT2D eigenvalue weighted by Crippen LogP contribution is -2.47. The number of hydrogen-bond donors (Lipinski definition) is 2. The first-order valence-electron chi connectivity index (χ1n) is 7.16. The number of nitrogens with one attached hydrogen (secondary N) is 1. The third-order valence-corrected chi connectivity index (χ3v) is 5.26. The van der Waals surface area contributed by atoms with Crippen molar-refractivity contribution in [3.05, 3.63) is 23.5 Å². The Morgan fingerprint density at radius 1 is 1.38 bits per heavy atom. The summed E-state index contributed by atoms with van der Waals surface area (Å²) in [6.45, 7) is 3.29. The fourth-order valence-corrected chi connectivity index (χ4v) is 4.07. The van der Waals surface area contributed by atoms with Gasteiger partial charge < -0.3 is 20.2 Å². The number of nitrogens with zero attached hydrogens (tertiary/aromatic N) is 2. The van der Waals surface area contributed by atoms with Crippen molar-refractivity contribution in [3.8, 4) is 0 Å². The molecule has 2 fully saturated rings. The van der Waals surface area contributed by atoms with Crippen molar-refractivity contribution >= 4 is 23.6 Å². The largest absolute Gasteiger partial charge is 0.478 e. The van der Waals surface area contributed by atoms with Crippen molar-refractivity contribution in [1.82, 2.24) is 15.1 Å². The van der Waals surface area contributed by atoms with E-state index in [9.17, 15) is 9.59 Å². The summed E-state index contributed by atoms with van der Waals surface area (Å²) in [5, 5.41) is 12.4. The summed E-state index contributed by atoms with van der Waals surface area (Å²) in [6, 6.07) is 0. The lowest BCUT2D eigenvalue weighted by molar-refractivity contribution is -0.133. The van der Waals surface area contributed by atoms with Gasteiger partial charge in [0.2, 0.25) is 5.91 Å². The molecular formula is C14H19N3O3S. The zero-order valence-corrected chi connectivity index (χ0v) is 12.6. The highest BCUT2D eigenvalue weighted by molar-refractivity contribution is 8.00. The number of carbonyl (C=O) groups is 2. The van der Waals surface area contributed by atoms with E-state index in [4.69, 9.17) is 5.11 Å². The summed E-state index contributed by atoms with van der Waals surface area (Å²) in [4.78, 5) is 27.2. The Bertz CT molecular complexity index is 512. The van der Waals surface area contributed by atoms with E-state index in [0.717, 1.165) is 37.8 Å². The number of carbonyl (C=O) groups excluding carboxylic acids is 1. The maximum Gasteiger partial charge on any atom is 0.333 e. The molecule has 3 heterocycles. The Kier molecular flexibility index (Phi) is 4.21. The van der Waals surface area contributed by atoms with Crippen molar-refractivity contribution in [1.29, 1.82) is 0 Å². The molecule has 0 aromatic rings. The first kappa shape index (κ1) is 14.5. The van der Waals surface area contributed by atoms with Gasteiger partial charge in [-0.3, -0.25) is 4.79 Å².